The number of carboxylic acids is 1. The Hall–Kier alpha value is -2.09. The number of benzene rings is 2. The van der Waals surface area contributed by atoms with Gasteiger partial charge in [0.05, 0.1) is 5.56 Å². The van der Waals surface area contributed by atoms with E-state index in [2.05, 4.69) is 0 Å². The molecule has 1 N–H and O–H groups in total. The van der Waals surface area contributed by atoms with Crippen LogP contribution >= 0.6 is 0 Å². The van der Waals surface area contributed by atoms with Crippen molar-refractivity contribution in [3.05, 3.63) is 59.7 Å². The van der Waals surface area contributed by atoms with Crippen molar-refractivity contribution in [3.8, 4) is 11.1 Å². The molecule has 2 aromatic carbocycles. The summed E-state index contributed by atoms with van der Waals surface area (Å²) in [5.41, 5.74) is 3.40. The third kappa shape index (κ3) is 2.53. The molecule has 2 heteroatoms. The quantitative estimate of drug-likeness (QED) is 0.868. The monoisotopic (exact) mass is 226 g/mol. The lowest BCUT2D eigenvalue weighted by Crippen LogP contribution is -1.98. The Morgan fingerprint density at radius 3 is 2.35 bits per heavy atom. The average Bonchev–Trinajstić information content (AvgIpc) is 2.39. The number of aryl methyl sites for hydroxylation is 1. The van der Waals surface area contributed by atoms with Crippen LogP contribution in [0.2, 0.25) is 0 Å². The van der Waals surface area contributed by atoms with Gasteiger partial charge in [-0.25, -0.2) is 4.79 Å². The van der Waals surface area contributed by atoms with Gasteiger partial charge in [-0.05, 0) is 35.2 Å². The van der Waals surface area contributed by atoms with Gasteiger partial charge in [0.25, 0.3) is 0 Å². The first-order chi connectivity index (χ1) is 8.20. The van der Waals surface area contributed by atoms with Gasteiger partial charge in [-0.3, -0.25) is 0 Å². The molecule has 0 unspecified atom stereocenters. The largest absolute Gasteiger partial charge is 0.478 e. The first kappa shape index (κ1) is 11.4. The van der Waals surface area contributed by atoms with E-state index in [4.69, 9.17) is 5.11 Å². The van der Waals surface area contributed by atoms with E-state index in [0.717, 1.165) is 23.1 Å². The molecule has 0 amide bonds. The third-order valence-electron chi connectivity index (χ3n) is 2.76. The SMILES string of the molecule is CCc1cc(C(=O)O)cc(-c2ccccc2)c1. The van der Waals surface area contributed by atoms with Gasteiger partial charge in [-0.2, -0.15) is 0 Å². The van der Waals surface area contributed by atoms with Crippen LogP contribution in [0.3, 0.4) is 0 Å². The molecule has 0 heterocycles. The van der Waals surface area contributed by atoms with Crippen LogP contribution in [0.15, 0.2) is 48.5 Å². The molecule has 0 bridgehead atoms. The second-order valence-corrected chi connectivity index (χ2v) is 3.94. The summed E-state index contributed by atoms with van der Waals surface area (Å²) >= 11 is 0. The van der Waals surface area contributed by atoms with Gasteiger partial charge in [-0.1, -0.05) is 43.3 Å². The summed E-state index contributed by atoms with van der Waals surface area (Å²) in [6.45, 7) is 2.02. The Morgan fingerprint density at radius 2 is 1.76 bits per heavy atom. The molecule has 2 nitrogen and oxygen atoms in total. The highest BCUT2D eigenvalue weighted by Crippen LogP contribution is 2.22. The molecule has 0 aromatic heterocycles. The highest BCUT2D eigenvalue weighted by Gasteiger charge is 2.07. The Balaban J connectivity index is 2.54. The maximum atomic E-state index is 11.1. The van der Waals surface area contributed by atoms with Crippen molar-refractivity contribution >= 4 is 5.97 Å². The predicted molar refractivity (Wildman–Crippen MR) is 68.2 cm³/mol. The van der Waals surface area contributed by atoms with Crippen LogP contribution in [-0.2, 0) is 6.42 Å². The lowest BCUT2D eigenvalue weighted by molar-refractivity contribution is 0.0697. The van der Waals surface area contributed by atoms with E-state index in [1.807, 2.05) is 43.3 Å². The van der Waals surface area contributed by atoms with Crippen LogP contribution in [0.4, 0.5) is 0 Å². The van der Waals surface area contributed by atoms with Crippen LogP contribution in [0.1, 0.15) is 22.8 Å². The van der Waals surface area contributed by atoms with Crippen LogP contribution in [-0.4, -0.2) is 11.1 Å². The number of hydrogen-bond donors (Lipinski definition) is 1. The van der Waals surface area contributed by atoms with E-state index >= 15 is 0 Å². The highest BCUT2D eigenvalue weighted by molar-refractivity contribution is 5.89. The fourth-order valence-corrected chi connectivity index (χ4v) is 1.82. The fourth-order valence-electron chi connectivity index (χ4n) is 1.82. The van der Waals surface area contributed by atoms with Gasteiger partial charge in [0.2, 0.25) is 0 Å². The highest BCUT2D eigenvalue weighted by atomic mass is 16.4. The molecule has 2 aromatic rings. The van der Waals surface area contributed by atoms with E-state index in [1.54, 1.807) is 12.1 Å². The first-order valence-electron chi connectivity index (χ1n) is 5.63. The van der Waals surface area contributed by atoms with Crippen molar-refractivity contribution in [2.24, 2.45) is 0 Å². The Morgan fingerprint density at radius 1 is 1.06 bits per heavy atom. The van der Waals surface area contributed by atoms with Gasteiger partial charge in [0.1, 0.15) is 0 Å². The van der Waals surface area contributed by atoms with Crippen molar-refractivity contribution in [3.63, 3.8) is 0 Å². The predicted octanol–water partition coefficient (Wildman–Crippen LogP) is 3.61. The molecule has 0 aliphatic heterocycles. The molecule has 0 radical (unpaired) electrons. The topological polar surface area (TPSA) is 37.3 Å². The van der Waals surface area contributed by atoms with Crippen molar-refractivity contribution in [1.82, 2.24) is 0 Å². The molecule has 17 heavy (non-hydrogen) atoms. The minimum Gasteiger partial charge on any atom is -0.478 e. The molecule has 2 rings (SSSR count). The van der Waals surface area contributed by atoms with Gasteiger partial charge < -0.3 is 5.11 Å². The Labute approximate surface area is 101 Å². The number of hydrogen-bond acceptors (Lipinski definition) is 1. The summed E-state index contributed by atoms with van der Waals surface area (Å²) in [6, 6.07) is 15.3. The van der Waals surface area contributed by atoms with Crippen molar-refractivity contribution in [2.75, 3.05) is 0 Å². The lowest BCUT2D eigenvalue weighted by Gasteiger charge is -2.06. The van der Waals surface area contributed by atoms with Crippen molar-refractivity contribution in [1.29, 1.82) is 0 Å². The molecule has 0 saturated heterocycles. The maximum absolute atomic E-state index is 11.1. The Bertz CT molecular complexity index is 530. The van der Waals surface area contributed by atoms with Gasteiger partial charge in [0.15, 0.2) is 0 Å². The van der Waals surface area contributed by atoms with E-state index < -0.39 is 5.97 Å². The number of rotatable bonds is 3. The molecule has 0 aliphatic rings. The van der Waals surface area contributed by atoms with Crippen molar-refractivity contribution < 1.29 is 9.90 Å². The molecular formula is C15H14O2. The fraction of sp³-hybridized carbons (Fsp3) is 0.133. The van der Waals surface area contributed by atoms with Crippen LogP contribution in [0.5, 0.6) is 0 Å². The second-order valence-electron chi connectivity index (χ2n) is 3.94. The minimum absolute atomic E-state index is 0.350. The standard InChI is InChI=1S/C15H14O2/c1-2-11-8-13(10-14(9-11)15(16)17)12-6-4-3-5-7-12/h3-10H,2H2,1H3,(H,16,17). The summed E-state index contributed by atoms with van der Waals surface area (Å²) in [4.78, 5) is 11.1. The second kappa shape index (κ2) is 4.83. The Kier molecular flexibility index (Phi) is 3.24. The van der Waals surface area contributed by atoms with Crippen LogP contribution in [0, 0.1) is 0 Å². The molecule has 0 fully saturated rings. The summed E-state index contributed by atoms with van der Waals surface area (Å²) in [7, 11) is 0. The zero-order chi connectivity index (χ0) is 12.3. The third-order valence-corrected chi connectivity index (χ3v) is 2.76. The van der Waals surface area contributed by atoms with E-state index in [-0.39, 0.29) is 0 Å². The van der Waals surface area contributed by atoms with Gasteiger partial charge in [0, 0.05) is 0 Å². The van der Waals surface area contributed by atoms with Crippen LogP contribution in [0.25, 0.3) is 11.1 Å². The summed E-state index contributed by atoms with van der Waals surface area (Å²) in [5, 5.41) is 9.08. The smallest absolute Gasteiger partial charge is 0.335 e. The summed E-state index contributed by atoms with van der Waals surface area (Å²) < 4.78 is 0. The van der Waals surface area contributed by atoms with E-state index in [0.29, 0.717) is 5.56 Å². The summed E-state index contributed by atoms with van der Waals surface area (Å²) in [5.74, 6) is -0.877. The number of carboxylic acid groups (broad SMARTS) is 1. The zero-order valence-corrected chi connectivity index (χ0v) is 9.68. The van der Waals surface area contributed by atoms with Gasteiger partial charge in [-0.15, -0.1) is 0 Å². The van der Waals surface area contributed by atoms with Crippen molar-refractivity contribution in [2.45, 2.75) is 13.3 Å². The molecule has 0 aliphatic carbocycles. The number of aromatic carboxylic acids is 1. The first-order valence-corrected chi connectivity index (χ1v) is 5.63. The maximum Gasteiger partial charge on any atom is 0.335 e. The molecule has 86 valence electrons. The lowest BCUT2D eigenvalue weighted by atomic mass is 9.99. The minimum atomic E-state index is -0.877. The number of carbonyl (C=O) groups is 1. The van der Waals surface area contributed by atoms with Crippen LogP contribution < -0.4 is 0 Å². The average molecular weight is 226 g/mol. The zero-order valence-electron chi connectivity index (χ0n) is 9.68. The molecule has 0 saturated carbocycles. The summed E-state index contributed by atoms with van der Waals surface area (Å²) in [6.07, 6.45) is 0.834. The molecule has 0 atom stereocenters. The van der Waals surface area contributed by atoms with E-state index in [9.17, 15) is 4.79 Å². The molecule has 0 spiro atoms. The van der Waals surface area contributed by atoms with Gasteiger partial charge >= 0.3 is 5.97 Å². The van der Waals surface area contributed by atoms with E-state index in [1.165, 1.54) is 0 Å². The normalized spacial score (nSPS) is 10.2. The molecular weight excluding hydrogens is 212 g/mol.